The lowest BCUT2D eigenvalue weighted by Gasteiger charge is -2.16. The van der Waals surface area contributed by atoms with E-state index in [1.807, 2.05) is 0 Å². The summed E-state index contributed by atoms with van der Waals surface area (Å²) in [4.78, 5) is 33.2. The van der Waals surface area contributed by atoms with Crippen LogP contribution >= 0.6 is 0 Å². The number of hydrogen-bond donors (Lipinski definition) is 1. The minimum atomic E-state index is -1.14. The summed E-state index contributed by atoms with van der Waals surface area (Å²) < 4.78 is 8.70. The summed E-state index contributed by atoms with van der Waals surface area (Å²) in [5.74, 6) is -2.36. The molecule has 0 amide bonds. The van der Waals surface area contributed by atoms with Gasteiger partial charge in [0.25, 0.3) is 0 Å². The van der Waals surface area contributed by atoms with E-state index < -0.39 is 24.5 Å². The lowest BCUT2D eigenvalue weighted by Crippen LogP contribution is -2.39. The SMILES string of the molecule is COC(=O)CN(CC(=O)O)CC(=O)OC. The molecule has 0 radical (unpaired) electrons. The number of aliphatic carboxylic acids is 1. The lowest BCUT2D eigenvalue weighted by atomic mass is 10.4. The Balaban J connectivity index is 4.23. The Morgan fingerprint density at radius 3 is 1.67 bits per heavy atom. The molecule has 0 unspecified atom stereocenters. The van der Waals surface area contributed by atoms with Gasteiger partial charge < -0.3 is 14.6 Å². The first-order valence-electron chi connectivity index (χ1n) is 4.07. The second-order valence-electron chi connectivity index (χ2n) is 2.69. The van der Waals surface area contributed by atoms with Gasteiger partial charge in [0, 0.05) is 0 Å². The van der Waals surface area contributed by atoms with Crippen molar-refractivity contribution >= 4 is 17.9 Å². The van der Waals surface area contributed by atoms with Crippen LogP contribution in [-0.2, 0) is 23.9 Å². The Kier molecular flexibility index (Phi) is 6.03. The number of esters is 2. The van der Waals surface area contributed by atoms with Crippen molar-refractivity contribution in [2.45, 2.75) is 0 Å². The van der Waals surface area contributed by atoms with E-state index in [-0.39, 0.29) is 13.1 Å². The first-order chi connectivity index (χ1) is 6.99. The van der Waals surface area contributed by atoms with Gasteiger partial charge in [-0.2, -0.15) is 0 Å². The van der Waals surface area contributed by atoms with Crippen molar-refractivity contribution in [3.8, 4) is 0 Å². The summed E-state index contributed by atoms with van der Waals surface area (Å²) in [7, 11) is 2.36. The minimum absolute atomic E-state index is 0.266. The van der Waals surface area contributed by atoms with Crippen molar-refractivity contribution in [3.05, 3.63) is 0 Å². The zero-order valence-electron chi connectivity index (χ0n) is 8.56. The highest BCUT2D eigenvalue weighted by Gasteiger charge is 2.17. The summed E-state index contributed by atoms with van der Waals surface area (Å²) >= 11 is 0. The monoisotopic (exact) mass is 219 g/mol. The molecule has 0 rings (SSSR count). The molecule has 0 spiro atoms. The van der Waals surface area contributed by atoms with Crippen LogP contribution in [0.4, 0.5) is 0 Å². The average Bonchev–Trinajstić information content (AvgIpc) is 2.16. The van der Waals surface area contributed by atoms with Gasteiger partial charge in [0.15, 0.2) is 0 Å². The predicted octanol–water partition coefficient (Wildman–Crippen LogP) is -1.28. The van der Waals surface area contributed by atoms with E-state index in [0.717, 1.165) is 4.90 Å². The molecule has 0 saturated carbocycles. The van der Waals surface area contributed by atoms with Gasteiger partial charge in [0.1, 0.15) is 0 Å². The molecule has 0 bridgehead atoms. The predicted molar refractivity (Wildman–Crippen MR) is 48.1 cm³/mol. The maximum atomic E-state index is 10.9. The number of carbonyl (C=O) groups is 3. The highest BCUT2D eigenvalue weighted by Crippen LogP contribution is 1.91. The number of hydrogen-bond acceptors (Lipinski definition) is 6. The van der Waals surface area contributed by atoms with Gasteiger partial charge in [-0.3, -0.25) is 19.3 Å². The Hall–Kier alpha value is -1.63. The molecule has 15 heavy (non-hydrogen) atoms. The van der Waals surface area contributed by atoms with Crippen molar-refractivity contribution in [3.63, 3.8) is 0 Å². The fourth-order valence-corrected chi connectivity index (χ4v) is 0.853. The molecule has 7 heteroatoms. The normalized spacial score (nSPS) is 9.80. The van der Waals surface area contributed by atoms with Crippen molar-refractivity contribution < 1.29 is 29.0 Å². The van der Waals surface area contributed by atoms with E-state index in [9.17, 15) is 14.4 Å². The average molecular weight is 219 g/mol. The van der Waals surface area contributed by atoms with Crippen LogP contribution in [0, 0.1) is 0 Å². The van der Waals surface area contributed by atoms with Crippen molar-refractivity contribution in [2.75, 3.05) is 33.9 Å². The first-order valence-corrected chi connectivity index (χ1v) is 4.07. The number of carboxylic acid groups (broad SMARTS) is 1. The number of rotatable bonds is 6. The van der Waals surface area contributed by atoms with Gasteiger partial charge in [-0.1, -0.05) is 0 Å². The number of nitrogens with zero attached hydrogens (tertiary/aromatic N) is 1. The topological polar surface area (TPSA) is 93.1 Å². The Morgan fingerprint density at radius 2 is 1.40 bits per heavy atom. The second-order valence-corrected chi connectivity index (χ2v) is 2.69. The Bertz CT molecular complexity index is 234. The van der Waals surface area contributed by atoms with Crippen LogP contribution in [0.1, 0.15) is 0 Å². The van der Waals surface area contributed by atoms with Gasteiger partial charge in [-0.05, 0) is 0 Å². The molecule has 7 nitrogen and oxygen atoms in total. The molecular weight excluding hydrogens is 206 g/mol. The smallest absolute Gasteiger partial charge is 0.319 e. The third-order valence-electron chi connectivity index (χ3n) is 1.52. The summed E-state index contributed by atoms with van der Waals surface area (Å²) in [6.45, 7) is -0.958. The molecule has 0 aliphatic heterocycles. The number of carboxylic acids is 1. The van der Waals surface area contributed by atoms with Crippen LogP contribution in [0.15, 0.2) is 0 Å². The third kappa shape index (κ3) is 6.44. The third-order valence-corrected chi connectivity index (χ3v) is 1.52. The molecule has 86 valence electrons. The molecule has 0 heterocycles. The molecule has 0 atom stereocenters. The molecule has 1 N–H and O–H groups in total. The van der Waals surface area contributed by atoms with Crippen LogP contribution < -0.4 is 0 Å². The van der Waals surface area contributed by atoms with Crippen molar-refractivity contribution in [1.29, 1.82) is 0 Å². The highest BCUT2D eigenvalue weighted by molar-refractivity contribution is 5.77. The maximum Gasteiger partial charge on any atom is 0.319 e. The van der Waals surface area contributed by atoms with E-state index in [1.165, 1.54) is 14.2 Å². The Labute approximate surface area is 86.6 Å². The van der Waals surface area contributed by atoms with Crippen molar-refractivity contribution in [1.82, 2.24) is 4.90 Å². The quantitative estimate of drug-likeness (QED) is 0.556. The number of carbonyl (C=O) groups excluding carboxylic acids is 2. The minimum Gasteiger partial charge on any atom is -0.480 e. The van der Waals surface area contributed by atoms with E-state index in [2.05, 4.69) is 9.47 Å². The van der Waals surface area contributed by atoms with Gasteiger partial charge in [-0.25, -0.2) is 0 Å². The number of methoxy groups -OCH3 is 2. The molecule has 0 saturated heterocycles. The maximum absolute atomic E-state index is 10.9. The summed E-state index contributed by atoms with van der Waals surface area (Å²) in [5, 5.41) is 8.51. The fraction of sp³-hybridized carbons (Fsp3) is 0.625. The largest absolute Gasteiger partial charge is 0.480 e. The molecule has 0 aromatic rings. The van der Waals surface area contributed by atoms with E-state index in [1.54, 1.807) is 0 Å². The molecule has 0 fully saturated rings. The molecule has 0 aromatic heterocycles. The highest BCUT2D eigenvalue weighted by atomic mass is 16.5. The van der Waals surface area contributed by atoms with Crippen LogP contribution in [0.3, 0.4) is 0 Å². The van der Waals surface area contributed by atoms with Gasteiger partial charge in [-0.15, -0.1) is 0 Å². The molecule has 0 aliphatic carbocycles. The van der Waals surface area contributed by atoms with Crippen LogP contribution in [0.2, 0.25) is 0 Å². The zero-order valence-corrected chi connectivity index (χ0v) is 8.56. The van der Waals surface area contributed by atoms with E-state index >= 15 is 0 Å². The zero-order chi connectivity index (χ0) is 11.8. The molecule has 0 aromatic carbocycles. The molecule has 0 aliphatic rings. The summed E-state index contributed by atoms with van der Waals surface area (Å²) in [6.07, 6.45) is 0. The standard InChI is InChI=1S/C8H13NO6/c1-14-7(12)4-9(3-6(10)11)5-8(13)15-2/h3-5H2,1-2H3,(H,10,11). The Morgan fingerprint density at radius 1 is 1.00 bits per heavy atom. The second kappa shape index (κ2) is 6.77. The first kappa shape index (κ1) is 13.4. The van der Waals surface area contributed by atoms with Crippen LogP contribution in [0.25, 0.3) is 0 Å². The van der Waals surface area contributed by atoms with Crippen LogP contribution in [0.5, 0.6) is 0 Å². The summed E-state index contributed by atoms with van der Waals surface area (Å²) in [6, 6.07) is 0. The summed E-state index contributed by atoms with van der Waals surface area (Å²) in [5.41, 5.74) is 0. The fourth-order valence-electron chi connectivity index (χ4n) is 0.853. The molecular formula is C8H13NO6. The van der Waals surface area contributed by atoms with E-state index in [0.29, 0.717) is 0 Å². The number of ether oxygens (including phenoxy) is 2. The van der Waals surface area contributed by atoms with Gasteiger partial charge in [0.2, 0.25) is 0 Å². The lowest BCUT2D eigenvalue weighted by molar-refractivity contribution is -0.147. The van der Waals surface area contributed by atoms with Gasteiger partial charge >= 0.3 is 17.9 Å². The van der Waals surface area contributed by atoms with E-state index in [4.69, 9.17) is 5.11 Å². The van der Waals surface area contributed by atoms with Crippen molar-refractivity contribution in [2.24, 2.45) is 0 Å². The van der Waals surface area contributed by atoms with Crippen LogP contribution in [-0.4, -0.2) is 61.8 Å². The van der Waals surface area contributed by atoms with Gasteiger partial charge in [0.05, 0.1) is 33.9 Å².